The van der Waals surface area contributed by atoms with Crippen LogP contribution in [0.5, 0.6) is 5.75 Å². The van der Waals surface area contributed by atoms with Gasteiger partial charge in [-0.25, -0.2) is 0 Å². The molecule has 1 aliphatic heterocycles. The Bertz CT molecular complexity index is 424. The molecule has 0 saturated carbocycles. The minimum absolute atomic E-state index is 0.313. The second-order valence-corrected chi connectivity index (χ2v) is 4.33. The van der Waals surface area contributed by atoms with Gasteiger partial charge in [-0.05, 0) is 31.0 Å². The predicted octanol–water partition coefficient (Wildman–Crippen LogP) is 1.68. The lowest BCUT2D eigenvalue weighted by Crippen LogP contribution is -2.32. The second-order valence-electron chi connectivity index (χ2n) is 4.33. The smallest absolute Gasteiger partial charge is 0.127 e. The van der Waals surface area contributed by atoms with Gasteiger partial charge in [-0.15, -0.1) is 0 Å². The number of nitrogens with zero attached hydrogens (tertiary/aromatic N) is 2. The van der Waals surface area contributed by atoms with E-state index < -0.39 is 0 Å². The number of phenols is 1. The van der Waals surface area contributed by atoms with Crippen LogP contribution in [0.15, 0.2) is 17.2 Å². The van der Waals surface area contributed by atoms with E-state index in [4.69, 9.17) is 4.74 Å². The lowest BCUT2D eigenvalue weighted by Gasteiger charge is -2.23. The lowest BCUT2D eigenvalue weighted by atomic mass is 10.1. The molecule has 17 heavy (non-hydrogen) atoms. The Morgan fingerprint density at radius 1 is 1.29 bits per heavy atom. The Hall–Kier alpha value is -1.55. The molecule has 2 rings (SSSR count). The highest BCUT2D eigenvalue weighted by Gasteiger charge is 2.08. The van der Waals surface area contributed by atoms with Crippen molar-refractivity contribution in [2.24, 2.45) is 5.10 Å². The van der Waals surface area contributed by atoms with Gasteiger partial charge in [0.1, 0.15) is 5.75 Å². The van der Waals surface area contributed by atoms with E-state index in [-0.39, 0.29) is 0 Å². The third kappa shape index (κ3) is 2.97. The van der Waals surface area contributed by atoms with Crippen molar-refractivity contribution in [3.63, 3.8) is 0 Å². The zero-order chi connectivity index (χ0) is 12.3. The highest BCUT2D eigenvalue weighted by Crippen LogP contribution is 2.22. The van der Waals surface area contributed by atoms with E-state index >= 15 is 0 Å². The van der Waals surface area contributed by atoms with Crippen molar-refractivity contribution in [1.82, 2.24) is 5.01 Å². The van der Waals surface area contributed by atoms with E-state index in [9.17, 15) is 5.11 Å². The summed E-state index contributed by atoms with van der Waals surface area (Å²) in [5.41, 5.74) is 2.78. The highest BCUT2D eigenvalue weighted by atomic mass is 16.5. The molecule has 1 heterocycles. The molecular formula is C13H18N2O2. The fourth-order valence-corrected chi connectivity index (χ4v) is 1.90. The van der Waals surface area contributed by atoms with E-state index in [1.54, 1.807) is 6.21 Å². The predicted molar refractivity (Wildman–Crippen MR) is 67.6 cm³/mol. The van der Waals surface area contributed by atoms with Crippen LogP contribution in [0.25, 0.3) is 0 Å². The molecule has 0 bridgehead atoms. The van der Waals surface area contributed by atoms with Gasteiger partial charge >= 0.3 is 0 Å². The van der Waals surface area contributed by atoms with Crippen LogP contribution in [0.3, 0.4) is 0 Å². The van der Waals surface area contributed by atoms with Crippen LogP contribution >= 0.6 is 0 Å². The Morgan fingerprint density at radius 2 is 2.00 bits per heavy atom. The van der Waals surface area contributed by atoms with Crippen LogP contribution in [-0.2, 0) is 4.74 Å². The summed E-state index contributed by atoms with van der Waals surface area (Å²) in [5, 5.41) is 16.2. The average Bonchev–Trinajstić information content (AvgIpc) is 2.33. The number of morpholine rings is 1. The monoisotopic (exact) mass is 234 g/mol. The fraction of sp³-hybridized carbons (Fsp3) is 0.462. The Labute approximate surface area is 102 Å². The molecule has 1 aromatic rings. The van der Waals surface area contributed by atoms with Crippen LogP contribution < -0.4 is 0 Å². The van der Waals surface area contributed by atoms with Gasteiger partial charge in [0.25, 0.3) is 0 Å². The maximum atomic E-state index is 9.92. The number of aromatic hydroxyl groups is 1. The van der Waals surface area contributed by atoms with E-state index in [1.165, 1.54) is 0 Å². The van der Waals surface area contributed by atoms with Crippen LogP contribution in [0.4, 0.5) is 0 Å². The molecule has 0 radical (unpaired) electrons. The van der Waals surface area contributed by atoms with Crippen molar-refractivity contribution in [1.29, 1.82) is 0 Å². The maximum Gasteiger partial charge on any atom is 0.127 e. The van der Waals surface area contributed by atoms with Gasteiger partial charge in [-0.2, -0.15) is 5.10 Å². The zero-order valence-corrected chi connectivity index (χ0v) is 10.3. The van der Waals surface area contributed by atoms with E-state index in [0.29, 0.717) is 5.75 Å². The first-order valence-corrected chi connectivity index (χ1v) is 5.83. The molecule has 0 aliphatic carbocycles. The summed E-state index contributed by atoms with van der Waals surface area (Å²) >= 11 is 0. The van der Waals surface area contributed by atoms with Crippen molar-refractivity contribution in [3.05, 3.63) is 28.8 Å². The molecule has 0 amide bonds. The Kier molecular flexibility index (Phi) is 3.64. The van der Waals surface area contributed by atoms with Gasteiger partial charge in [-0.3, -0.25) is 5.01 Å². The van der Waals surface area contributed by atoms with E-state index in [1.807, 2.05) is 31.0 Å². The summed E-state index contributed by atoms with van der Waals surface area (Å²) in [5.74, 6) is 0.313. The van der Waals surface area contributed by atoms with Crippen molar-refractivity contribution in [3.8, 4) is 5.75 Å². The maximum absolute atomic E-state index is 9.92. The normalized spacial score (nSPS) is 16.7. The molecule has 0 atom stereocenters. The molecule has 1 saturated heterocycles. The van der Waals surface area contributed by atoms with Crippen LogP contribution in [-0.4, -0.2) is 42.6 Å². The first-order chi connectivity index (χ1) is 8.16. The van der Waals surface area contributed by atoms with Crippen molar-refractivity contribution < 1.29 is 9.84 Å². The Morgan fingerprint density at radius 3 is 2.71 bits per heavy atom. The number of hydrogen-bond acceptors (Lipinski definition) is 4. The van der Waals surface area contributed by atoms with Crippen LogP contribution in [0.1, 0.15) is 16.7 Å². The summed E-state index contributed by atoms with van der Waals surface area (Å²) in [6.45, 7) is 6.96. The van der Waals surface area contributed by atoms with Gasteiger partial charge in [0.05, 0.1) is 32.5 Å². The SMILES string of the molecule is Cc1cc(C)c(O)c(/C=N\N2CCOCC2)c1. The molecule has 0 aromatic heterocycles. The number of aryl methyl sites for hydroxylation is 2. The number of phenolic OH excluding ortho intramolecular Hbond substituents is 1. The Balaban J connectivity index is 2.14. The van der Waals surface area contributed by atoms with Gasteiger partial charge in [0.15, 0.2) is 0 Å². The number of rotatable bonds is 2. The number of hydrazone groups is 1. The van der Waals surface area contributed by atoms with Crippen molar-refractivity contribution >= 4 is 6.21 Å². The molecule has 1 N–H and O–H groups in total. The average molecular weight is 234 g/mol. The number of benzene rings is 1. The summed E-state index contributed by atoms with van der Waals surface area (Å²) < 4.78 is 5.25. The van der Waals surface area contributed by atoms with Crippen LogP contribution in [0, 0.1) is 13.8 Å². The largest absolute Gasteiger partial charge is 0.507 e. The molecule has 1 aliphatic rings. The van der Waals surface area contributed by atoms with E-state index in [2.05, 4.69) is 5.10 Å². The quantitative estimate of drug-likeness (QED) is 0.792. The molecule has 4 heteroatoms. The molecule has 4 nitrogen and oxygen atoms in total. The summed E-state index contributed by atoms with van der Waals surface area (Å²) in [6, 6.07) is 3.90. The van der Waals surface area contributed by atoms with Gasteiger partial charge in [0, 0.05) is 5.56 Å². The van der Waals surface area contributed by atoms with E-state index in [0.717, 1.165) is 43.0 Å². The zero-order valence-electron chi connectivity index (χ0n) is 10.3. The second kappa shape index (κ2) is 5.19. The number of ether oxygens (including phenoxy) is 1. The number of hydrogen-bond donors (Lipinski definition) is 1. The molecule has 1 aromatic carbocycles. The van der Waals surface area contributed by atoms with Gasteiger partial charge < -0.3 is 9.84 Å². The van der Waals surface area contributed by atoms with Crippen molar-refractivity contribution in [2.45, 2.75) is 13.8 Å². The molecule has 0 unspecified atom stereocenters. The molecule has 92 valence electrons. The van der Waals surface area contributed by atoms with Crippen molar-refractivity contribution in [2.75, 3.05) is 26.3 Å². The molecule has 1 fully saturated rings. The fourth-order valence-electron chi connectivity index (χ4n) is 1.90. The topological polar surface area (TPSA) is 45.1 Å². The summed E-state index contributed by atoms with van der Waals surface area (Å²) in [4.78, 5) is 0. The molecule has 0 spiro atoms. The lowest BCUT2D eigenvalue weighted by molar-refractivity contribution is 0.0397. The molecular weight excluding hydrogens is 216 g/mol. The third-order valence-electron chi connectivity index (χ3n) is 2.82. The minimum atomic E-state index is 0.313. The summed E-state index contributed by atoms with van der Waals surface area (Å²) in [7, 11) is 0. The van der Waals surface area contributed by atoms with Gasteiger partial charge in [-0.1, -0.05) is 6.07 Å². The highest BCUT2D eigenvalue weighted by molar-refractivity contribution is 5.84. The first-order valence-electron chi connectivity index (χ1n) is 5.83. The summed E-state index contributed by atoms with van der Waals surface area (Å²) in [6.07, 6.45) is 1.72. The third-order valence-corrected chi connectivity index (χ3v) is 2.82. The first kappa shape index (κ1) is 11.9. The minimum Gasteiger partial charge on any atom is -0.507 e. The van der Waals surface area contributed by atoms with Gasteiger partial charge in [0.2, 0.25) is 0 Å². The van der Waals surface area contributed by atoms with Crippen LogP contribution in [0.2, 0.25) is 0 Å². The standard InChI is InChI=1S/C13H18N2O2/c1-10-7-11(2)13(16)12(8-10)9-14-15-3-5-17-6-4-15/h7-9,16H,3-6H2,1-2H3/b14-9-.